The maximum absolute atomic E-state index is 12.8. The smallest absolute Gasteiger partial charge is 0.137 e. The van der Waals surface area contributed by atoms with Crippen LogP contribution in [0, 0.1) is 6.92 Å². The number of aliphatic hydroxyl groups is 1. The van der Waals surface area contributed by atoms with Gasteiger partial charge in [0.15, 0.2) is 0 Å². The highest BCUT2D eigenvalue weighted by Gasteiger charge is 2.17. The van der Waals surface area contributed by atoms with E-state index in [4.69, 9.17) is 4.98 Å². The molecule has 0 saturated carbocycles. The lowest BCUT2D eigenvalue weighted by Crippen LogP contribution is -2.10. The van der Waals surface area contributed by atoms with E-state index < -0.39 is 6.10 Å². The van der Waals surface area contributed by atoms with Gasteiger partial charge in [0.05, 0.1) is 17.8 Å². The predicted octanol–water partition coefficient (Wildman–Crippen LogP) is 5.27. The van der Waals surface area contributed by atoms with Crippen molar-refractivity contribution in [1.82, 2.24) is 14.8 Å². The van der Waals surface area contributed by atoms with E-state index in [1.54, 1.807) is 4.68 Å². The molecule has 2 aromatic heterocycles. The molecule has 5 nitrogen and oxygen atoms in total. The summed E-state index contributed by atoms with van der Waals surface area (Å²) in [4.78, 5) is 17.6. The monoisotopic (exact) mass is 427 g/mol. The van der Waals surface area contributed by atoms with Gasteiger partial charge in [-0.2, -0.15) is 5.10 Å². The Morgan fingerprint density at radius 1 is 1.12 bits per heavy atom. The zero-order valence-electron chi connectivity index (χ0n) is 18.9. The Morgan fingerprint density at radius 2 is 1.91 bits per heavy atom. The van der Waals surface area contributed by atoms with Gasteiger partial charge in [0.1, 0.15) is 5.78 Å². The van der Waals surface area contributed by atoms with E-state index in [0.29, 0.717) is 25.7 Å². The zero-order valence-corrected chi connectivity index (χ0v) is 18.9. The normalized spacial score (nSPS) is 12.2. The molecule has 0 spiro atoms. The van der Waals surface area contributed by atoms with Crippen LogP contribution in [0.4, 0.5) is 0 Å². The largest absolute Gasteiger partial charge is 0.393 e. The number of Topliss-reactive ketones (excluding diaryl/α,β-unsaturated/α-hetero) is 1. The van der Waals surface area contributed by atoms with Crippen LogP contribution in [0.2, 0.25) is 0 Å². The van der Waals surface area contributed by atoms with Gasteiger partial charge in [-0.3, -0.25) is 14.5 Å². The Hall–Kier alpha value is -3.31. The number of aryl methyl sites for hydroxylation is 2. The summed E-state index contributed by atoms with van der Waals surface area (Å²) in [6, 6.07) is 16.4. The number of nitrogens with zero attached hydrogens (tertiary/aromatic N) is 3. The van der Waals surface area contributed by atoms with Crippen molar-refractivity contribution in [2.24, 2.45) is 7.05 Å². The molecule has 1 atom stereocenters. The Kier molecular flexibility index (Phi) is 6.47. The first-order valence-corrected chi connectivity index (χ1v) is 11.1. The molecule has 2 heterocycles. The topological polar surface area (TPSA) is 68.0 Å². The van der Waals surface area contributed by atoms with Crippen LogP contribution in [0.25, 0.3) is 33.2 Å². The van der Waals surface area contributed by atoms with Crippen LogP contribution < -0.4 is 0 Å². The summed E-state index contributed by atoms with van der Waals surface area (Å²) in [5.41, 5.74) is 7.01. The summed E-state index contributed by atoms with van der Waals surface area (Å²) in [6.45, 7) is 3.96. The molecule has 0 bridgehead atoms. The highest BCUT2D eigenvalue weighted by atomic mass is 16.3. The van der Waals surface area contributed by atoms with Gasteiger partial charge in [0, 0.05) is 48.3 Å². The van der Waals surface area contributed by atoms with Crippen molar-refractivity contribution < 1.29 is 9.90 Å². The number of fused-ring (bicyclic) bond motifs is 1. The lowest BCUT2D eigenvalue weighted by atomic mass is 9.91. The van der Waals surface area contributed by atoms with Crippen LogP contribution in [0.15, 0.2) is 60.9 Å². The van der Waals surface area contributed by atoms with Gasteiger partial charge in [-0.1, -0.05) is 43.3 Å². The second kappa shape index (κ2) is 9.45. The number of ketones is 1. The Balaban J connectivity index is 1.83. The van der Waals surface area contributed by atoms with E-state index >= 15 is 0 Å². The molecule has 1 N–H and O–H groups in total. The first-order chi connectivity index (χ1) is 15.5. The Morgan fingerprint density at radius 3 is 2.59 bits per heavy atom. The Bertz CT molecular complexity index is 1240. The standard InChI is InChI=1S/C27H29N3O2/c1-4-22(31)11-12-23(32)14-20-10-13-26-25(27(20)21-16-28-30(3)17-21)15-24(18(2)29-26)19-8-6-5-7-9-19/h5-10,13,15-17,22,31H,4,11-12,14H2,1-3H3/t22-/m1/s1. The molecule has 5 heteroatoms. The van der Waals surface area contributed by atoms with Gasteiger partial charge in [-0.25, -0.2) is 0 Å². The number of aliphatic hydroxyl groups excluding tert-OH is 1. The van der Waals surface area contributed by atoms with Gasteiger partial charge in [-0.15, -0.1) is 0 Å². The van der Waals surface area contributed by atoms with Crippen LogP contribution in [0.5, 0.6) is 0 Å². The van der Waals surface area contributed by atoms with Crippen LogP contribution in [0.3, 0.4) is 0 Å². The number of carbonyl (C=O) groups is 1. The number of carbonyl (C=O) groups excluding carboxylic acids is 1. The number of benzene rings is 2. The van der Waals surface area contributed by atoms with E-state index in [1.165, 1.54) is 0 Å². The summed E-state index contributed by atoms with van der Waals surface area (Å²) >= 11 is 0. The summed E-state index contributed by atoms with van der Waals surface area (Å²) in [5, 5.41) is 15.2. The quantitative estimate of drug-likeness (QED) is 0.416. The highest BCUT2D eigenvalue weighted by Crippen LogP contribution is 2.35. The Labute approximate surface area is 188 Å². The minimum atomic E-state index is -0.422. The van der Waals surface area contributed by atoms with Crippen LogP contribution in [-0.2, 0) is 18.3 Å². The third-order valence-corrected chi connectivity index (χ3v) is 5.97. The fraction of sp³-hybridized carbons (Fsp3) is 0.296. The van der Waals surface area contributed by atoms with Crippen molar-refractivity contribution >= 4 is 16.7 Å². The minimum absolute atomic E-state index is 0.130. The second-order valence-corrected chi connectivity index (χ2v) is 8.37. The zero-order chi connectivity index (χ0) is 22.7. The summed E-state index contributed by atoms with van der Waals surface area (Å²) in [7, 11) is 1.89. The first-order valence-electron chi connectivity index (χ1n) is 11.1. The maximum atomic E-state index is 12.8. The van der Waals surface area contributed by atoms with Crippen LogP contribution in [-0.4, -0.2) is 31.8 Å². The fourth-order valence-electron chi connectivity index (χ4n) is 4.17. The maximum Gasteiger partial charge on any atom is 0.137 e. The molecule has 0 saturated heterocycles. The predicted molar refractivity (Wildman–Crippen MR) is 128 cm³/mol. The number of hydrogen-bond acceptors (Lipinski definition) is 4. The average Bonchev–Trinajstić information content (AvgIpc) is 3.23. The molecular weight excluding hydrogens is 398 g/mol. The van der Waals surface area contributed by atoms with Gasteiger partial charge in [-0.05, 0) is 48.6 Å². The number of rotatable bonds is 8. The SMILES string of the molecule is CC[C@@H](O)CCC(=O)Cc1ccc2nc(C)c(-c3ccccc3)cc2c1-c1cnn(C)c1. The average molecular weight is 428 g/mol. The molecule has 4 aromatic rings. The molecular formula is C27H29N3O2. The van der Waals surface area contributed by atoms with Gasteiger partial charge in [0.25, 0.3) is 0 Å². The van der Waals surface area contributed by atoms with Crippen LogP contribution in [0.1, 0.15) is 37.4 Å². The molecule has 0 unspecified atom stereocenters. The summed E-state index contributed by atoms with van der Waals surface area (Å²) < 4.78 is 1.77. The van der Waals surface area contributed by atoms with Crippen molar-refractivity contribution in [3.05, 3.63) is 72.2 Å². The van der Waals surface area contributed by atoms with Crippen molar-refractivity contribution in [1.29, 1.82) is 0 Å². The molecule has 164 valence electrons. The second-order valence-electron chi connectivity index (χ2n) is 8.37. The molecule has 4 rings (SSSR count). The molecule has 0 radical (unpaired) electrons. The van der Waals surface area contributed by atoms with Gasteiger partial charge < -0.3 is 5.11 Å². The third kappa shape index (κ3) is 4.63. The molecule has 0 aliphatic heterocycles. The molecule has 32 heavy (non-hydrogen) atoms. The van der Waals surface area contributed by atoms with E-state index in [-0.39, 0.29) is 5.78 Å². The van der Waals surface area contributed by atoms with Gasteiger partial charge in [0.2, 0.25) is 0 Å². The number of hydrogen-bond donors (Lipinski definition) is 1. The summed E-state index contributed by atoms with van der Waals surface area (Å²) in [5.74, 6) is 0.130. The number of pyridine rings is 1. The van der Waals surface area contributed by atoms with Crippen molar-refractivity contribution in [2.45, 2.75) is 45.6 Å². The molecule has 0 amide bonds. The molecule has 0 aliphatic rings. The van der Waals surface area contributed by atoms with Crippen molar-refractivity contribution in [3.8, 4) is 22.3 Å². The first kappa shape index (κ1) is 21.9. The molecule has 0 fully saturated rings. The van der Waals surface area contributed by atoms with E-state index in [0.717, 1.165) is 44.4 Å². The van der Waals surface area contributed by atoms with Crippen molar-refractivity contribution in [2.75, 3.05) is 0 Å². The lowest BCUT2D eigenvalue weighted by Gasteiger charge is -2.15. The number of aromatic nitrogens is 3. The lowest BCUT2D eigenvalue weighted by molar-refractivity contribution is -0.119. The van der Waals surface area contributed by atoms with E-state index in [2.05, 4.69) is 23.3 Å². The molecule has 0 aliphatic carbocycles. The summed E-state index contributed by atoms with van der Waals surface area (Å²) in [6.07, 6.45) is 5.26. The third-order valence-electron chi connectivity index (χ3n) is 5.97. The van der Waals surface area contributed by atoms with E-state index in [1.807, 2.05) is 63.6 Å². The van der Waals surface area contributed by atoms with Gasteiger partial charge >= 0.3 is 0 Å². The van der Waals surface area contributed by atoms with Crippen LogP contribution >= 0.6 is 0 Å². The highest BCUT2D eigenvalue weighted by molar-refractivity contribution is 6.00. The van der Waals surface area contributed by atoms with E-state index in [9.17, 15) is 9.90 Å². The fourth-order valence-corrected chi connectivity index (χ4v) is 4.17. The van der Waals surface area contributed by atoms with Crippen molar-refractivity contribution in [3.63, 3.8) is 0 Å². The minimum Gasteiger partial charge on any atom is -0.393 e. The molecule has 2 aromatic carbocycles.